The van der Waals surface area contributed by atoms with Gasteiger partial charge in [0.15, 0.2) is 10.3 Å². The highest BCUT2D eigenvalue weighted by Gasteiger charge is 2.14. The van der Waals surface area contributed by atoms with Crippen LogP contribution in [0.2, 0.25) is 10.0 Å². The normalized spacial score (nSPS) is 11.1. The van der Waals surface area contributed by atoms with Crippen LogP contribution in [0, 0.1) is 0 Å². The number of thiazole rings is 2. The third-order valence-electron chi connectivity index (χ3n) is 4.40. The van der Waals surface area contributed by atoms with E-state index in [1.54, 1.807) is 36.4 Å². The third-order valence-corrected chi connectivity index (χ3v) is 6.74. The minimum absolute atomic E-state index is 0.161. The lowest BCUT2D eigenvalue weighted by Gasteiger charge is -2.03. The van der Waals surface area contributed by atoms with E-state index in [-0.39, 0.29) is 11.6 Å². The van der Waals surface area contributed by atoms with Gasteiger partial charge in [0.05, 0.1) is 26.0 Å². The van der Waals surface area contributed by atoms with Crippen LogP contribution in [0.5, 0.6) is 0 Å². The number of nitrogens with one attached hydrogen (secondary N) is 2. The molecule has 0 aliphatic carbocycles. The number of carbonyl (C=O) groups is 2. The molecule has 0 unspecified atom stereocenters. The van der Waals surface area contributed by atoms with Crippen LogP contribution in [0.25, 0.3) is 20.4 Å². The first kappa shape index (κ1) is 20.8. The Hall–Kier alpha value is -3.11. The summed E-state index contributed by atoms with van der Waals surface area (Å²) in [5.74, 6) is -0.803. The molecule has 158 valence electrons. The maximum absolute atomic E-state index is 12.5. The first-order valence-corrected chi connectivity index (χ1v) is 11.5. The smallest absolute Gasteiger partial charge is 0.276 e. The molecule has 11 heteroatoms. The van der Waals surface area contributed by atoms with Gasteiger partial charge < -0.3 is 0 Å². The average molecular weight is 500 g/mol. The van der Waals surface area contributed by atoms with Crippen molar-refractivity contribution in [1.29, 1.82) is 0 Å². The maximum Gasteiger partial charge on any atom is 0.276 e. The number of anilines is 2. The number of pyridine rings is 1. The number of aromatic nitrogens is 3. The van der Waals surface area contributed by atoms with E-state index in [1.807, 2.05) is 0 Å². The van der Waals surface area contributed by atoms with Gasteiger partial charge in [0, 0.05) is 16.2 Å². The highest BCUT2D eigenvalue weighted by molar-refractivity contribution is 7.22. The second kappa shape index (κ2) is 8.44. The van der Waals surface area contributed by atoms with Crippen molar-refractivity contribution >= 4 is 88.4 Å². The van der Waals surface area contributed by atoms with E-state index < -0.39 is 5.91 Å². The fourth-order valence-electron chi connectivity index (χ4n) is 2.90. The lowest BCUT2D eigenvalue weighted by Crippen LogP contribution is -2.16. The fraction of sp³-hybridized carbons (Fsp3) is 0. The number of benzene rings is 2. The summed E-state index contributed by atoms with van der Waals surface area (Å²) in [7, 11) is 0. The van der Waals surface area contributed by atoms with Crippen molar-refractivity contribution in [3.63, 3.8) is 0 Å². The van der Waals surface area contributed by atoms with Crippen molar-refractivity contribution in [2.75, 3.05) is 10.6 Å². The van der Waals surface area contributed by atoms with Crippen LogP contribution in [0.3, 0.4) is 0 Å². The van der Waals surface area contributed by atoms with Gasteiger partial charge in [0.1, 0.15) is 5.69 Å². The summed E-state index contributed by atoms with van der Waals surface area (Å²) in [6.07, 6.45) is 1.34. The molecule has 32 heavy (non-hydrogen) atoms. The Morgan fingerprint density at radius 1 is 0.750 bits per heavy atom. The van der Waals surface area contributed by atoms with E-state index in [4.69, 9.17) is 23.2 Å². The zero-order valence-electron chi connectivity index (χ0n) is 15.9. The summed E-state index contributed by atoms with van der Waals surface area (Å²) in [5, 5.41) is 7.55. The van der Waals surface area contributed by atoms with E-state index in [2.05, 4.69) is 25.6 Å². The molecule has 2 N–H and O–H groups in total. The van der Waals surface area contributed by atoms with Gasteiger partial charge in [0.25, 0.3) is 11.8 Å². The maximum atomic E-state index is 12.5. The summed E-state index contributed by atoms with van der Waals surface area (Å²) >= 11 is 14.6. The molecule has 0 aliphatic heterocycles. The minimum Gasteiger partial charge on any atom is -0.298 e. The zero-order valence-corrected chi connectivity index (χ0v) is 19.1. The molecule has 0 radical (unpaired) electrons. The molecule has 0 atom stereocenters. The van der Waals surface area contributed by atoms with E-state index in [9.17, 15) is 9.59 Å². The second-order valence-corrected chi connectivity index (χ2v) is 9.54. The fourth-order valence-corrected chi connectivity index (χ4v) is 5.17. The van der Waals surface area contributed by atoms with Gasteiger partial charge in [-0.15, -0.1) is 0 Å². The van der Waals surface area contributed by atoms with E-state index in [0.717, 1.165) is 20.4 Å². The first-order chi connectivity index (χ1) is 15.4. The Bertz CT molecular complexity index is 1380. The molecule has 2 aromatic carbocycles. The van der Waals surface area contributed by atoms with E-state index in [0.29, 0.717) is 25.9 Å². The molecule has 0 fully saturated rings. The first-order valence-electron chi connectivity index (χ1n) is 9.15. The van der Waals surface area contributed by atoms with Crippen LogP contribution in [0.15, 0.2) is 54.7 Å². The lowest BCUT2D eigenvalue weighted by molar-refractivity contribution is 0.101. The van der Waals surface area contributed by atoms with Gasteiger partial charge in [-0.3, -0.25) is 25.2 Å². The van der Waals surface area contributed by atoms with Gasteiger partial charge >= 0.3 is 0 Å². The number of fused-ring (bicyclic) bond motifs is 2. The van der Waals surface area contributed by atoms with Crippen LogP contribution in [-0.4, -0.2) is 26.8 Å². The van der Waals surface area contributed by atoms with Crippen molar-refractivity contribution in [3.05, 3.63) is 76.0 Å². The Morgan fingerprint density at radius 3 is 1.84 bits per heavy atom. The van der Waals surface area contributed by atoms with Crippen molar-refractivity contribution in [3.8, 4) is 0 Å². The quantitative estimate of drug-likeness (QED) is 0.310. The predicted molar refractivity (Wildman–Crippen MR) is 129 cm³/mol. The zero-order chi connectivity index (χ0) is 22.2. The van der Waals surface area contributed by atoms with Gasteiger partial charge in [-0.1, -0.05) is 45.9 Å². The highest BCUT2D eigenvalue weighted by Crippen LogP contribution is 2.29. The molecule has 0 saturated heterocycles. The van der Waals surface area contributed by atoms with Crippen LogP contribution in [0.4, 0.5) is 10.3 Å². The van der Waals surface area contributed by atoms with E-state index in [1.165, 1.54) is 41.0 Å². The Kier molecular flexibility index (Phi) is 5.48. The van der Waals surface area contributed by atoms with Crippen molar-refractivity contribution in [1.82, 2.24) is 15.0 Å². The van der Waals surface area contributed by atoms with Crippen LogP contribution in [0.1, 0.15) is 20.8 Å². The van der Waals surface area contributed by atoms with Gasteiger partial charge in [-0.25, -0.2) is 9.97 Å². The topological polar surface area (TPSA) is 96.9 Å². The standard InChI is InChI=1S/C21H11Cl2N5O2S2/c22-11-2-5-13-16(7-11)31-20(25-13)27-18(29)10-1-4-15(24-9-10)19(30)28-21-26-14-6-3-12(23)8-17(14)32-21/h1-9H,(H,25,27,29)(H,26,28,30). The predicted octanol–water partition coefficient (Wildman–Crippen LogP) is 6.11. The minimum atomic E-state index is -0.426. The summed E-state index contributed by atoms with van der Waals surface area (Å²) in [5.41, 5.74) is 1.95. The number of nitrogens with zero attached hydrogens (tertiary/aromatic N) is 3. The molecule has 0 spiro atoms. The molecule has 3 aromatic heterocycles. The number of amides is 2. The summed E-state index contributed by atoms with van der Waals surface area (Å²) < 4.78 is 1.74. The number of hydrogen-bond acceptors (Lipinski definition) is 7. The van der Waals surface area contributed by atoms with E-state index >= 15 is 0 Å². The summed E-state index contributed by atoms with van der Waals surface area (Å²) in [6, 6.07) is 13.6. The molecule has 7 nitrogen and oxygen atoms in total. The van der Waals surface area contributed by atoms with Gasteiger partial charge in [-0.05, 0) is 48.5 Å². The van der Waals surface area contributed by atoms with Crippen LogP contribution in [-0.2, 0) is 0 Å². The molecule has 2 amide bonds. The van der Waals surface area contributed by atoms with Crippen LogP contribution >= 0.6 is 45.9 Å². The number of hydrogen-bond donors (Lipinski definition) is 2. The SMILES string of the molecule is O=C(Nc1nc2ccc(Cl)cc2s1)c1ccc(C(=O)Nc2nc3ccc(Cl)cc3s2)nc1. The highest BCUT2D eigenvalue weighted by atomic mass is 35.5. The number of rotatable bonds is 4. The number of carbonyl (C=O) groups excluding carboxylic acids is 2. The molecule has 0 aliphatic rings. The molecule has 0 saturated carbocycles. The van der Waals surface area contributed by atoms with Gasteiger partial charge in [0.2, 0.25) is 0 Å². The van der Waals surface area contributed by atoms with Crippen molar-refractivity contribution in [2.45, 2.75) is 0 Å². The second-order valence-electron chi connectivity index (χ2n) is 6.60. The monoisotopic (exact) mass is 499 g/mol. The van der Waals surface area contributed by atoms with Crippen molar-refractivity contribution in [2.24, 2.45) is 0 Å². The molecule has 5 rings (SSSR count). The summed E-state index contributed by atoms with van der Waals surface area (Å²) in [6.45, 7) is 0. The summed E-state index contributed by atoms with van der Waals surface area (Å²) in [4.78, 5) is 37.9. The largest absolute Gasteiger partial charge is 0.298 e. The van der Waals surface area contributed by atoms with Crippen LogP contribution < -0.4 is 10.6 Å². The molecule has 5 aromatic rings. The molecule has 0 bridgehead atoms. The Balaban J connectivity index is 1.27. The lowest BCUT2D eigenvalue weighted by atomic mass is 10.2. The third kappa shape index (κ3) is 4.28. The molecular weight excluding hydrogens is 489 g/mol. The average Bonchev–Trinajstić information content (AvgIpc) is 3.35. The van der Waals surface area contributed by atoms with Gasteiger partial charge in [-0.2, -0.15) is 0 Å². The number of halogens is 2. The Labute approximate surface area is 199 Å². The van der Waals surface area contributed by atoms with Crippen molar-refractivity contribution < 1.29 is 9.59 Å². The Morgan fingerprint density at radius 2 is 1.31 bits per heavy atom. The molecule has 3 heterocycles. The molecular formula is C21H11Cl2N5O2S2.